The Kier molecular flexibility index (Phi) is 3.91. The highest BCUT2D eigenvalue weighted by molar-refractivity contribution is 5.14. The zero-order chi connectivity index (χ0) is 13.8. The van der Waals surface area contributed by atoms with Gasteiger partial charge in [-0.2, -0.15) is 5.10 Å². The standard InChI is InChI=1S/C11H16N6O2/c1-8(12)7-19-10-3-11(18)17(13-4-10)6-9-5-16(2)15-14-9/h3-5,8H,6-7,12H2,1-2H3. The van der Waals surface area contributed by atoms with Gasteiger partial charge in [0.15, 0.2) is 0 Å². The maximum Gasteiger partial charge on any atom is 0.270 e. The fourth-order valence-corrected chi connectivity index (χ4v) is 1.46. The molecule has 8 nitrogen and oxygen atoms in total. The molecule has 0 aliphatic carbocycles. The molecule has 2 aromatic heterocycles. The second-order valence-corrected chi connectivity index (χ2v) is 4.36. The molecule has 0 radical (unpaired) electrons. The normalized spacial score (nSPS) is 12.4. The second kappa shape index (κ2) is 5.61. The topological polar surface area (TPSA) is 101 Å². The van der Waals surface area contributed by atoms with Gasteiger partial charge in [0.2, 0.25) is 0 Å². The number of hydrogen-bond donors (Lipinski definition) is 1. The van der Waals surface area contributed by atoms with Crippen LogP contribution in [0.15, 0.2) is 23.3 Å². The molecule has 19 heavy (non-hydrogen) atoms. The smallest absolute Gasteiger partial charge is 0.270 e. The van der Waals surface area contributed by atoms with E-state index in [4.69, 9.17) is 10.5 Å². The molecule has 0 fully saturated rings. The second-order valence-electron chi connectivity index (χ2n) is 4.36. The van der Waals surface area contributed by atoms with Crippen molar-refractivity contribution in [2.24, 2.45) is 12.8 Å². The maximum atomic E-state index is 11.8. The van der Waals surface area contributed by atoms with Crippen molar-refractivity contribution in [1.29, 1.82) is 0 Å². The van der Waals surface area contributed by atoms with Crippen molar-refractivity contribution < 1.29 is 4.74 Å². The fourth-order valence-electron chi connectivity index (χ4n) is 1.46. The van der Waals surface area contributed by atoms with Crippen molar-refractivity contribution >= 4 is 0 Å². The van der Waals surface area contributed by atoms with E-state index in [1.54, 1.807) is 17.9 Å². The minimum absolute atomic E-state index is 0.0953. The minimum Gasteiger partial charge on any atom is -0.490 e. The minimum atomic E-state index is -0.257. The molecule has 8 heteroatoms. The Bertz CT molecular complexity index is 603. The third kappa shape index (κ3) is 3.62. The Morgan fingerprint density at radius 3 is 2.89 bits per heavy atom. The van der Waals surface area contributed by atoms with Crippen LogP contribution in [0.1, 0.15) is 12.6 Å². The molecular formula is C11H16N6O2. The first kappa shape index (κ1) is 13.2. The molecule has 2 rings (SSSR count). The van der Waals surface area contributed by atoms with Gasteiger partial charge in [-0.1, -0.05) is 5.21 Å². The van der Waals surface area contributed by atoms with Crippen LogP contribution in [0, 0.1) is 0 Å². The summed E-state index contributed by atoms with van der Waals surface area (Å²) in [6.07, 6.45) is 3.22. The van der Waals surface area contributed by atoms with E-state index in [9.17, 15) is 4.79 Å². The highest BCUT2D eigenvalue weighted by atomic mass is 16.5. The predicted octanol–water partition coefficient (Wildman–Crippen LogP) is -0.854. The van der Waals surface area contributed by atoms with Crippen molar-refractivity contribution in [3.05, 3.63) is 34.5 Å². The van der Waals surface area contributed by atoms with Crippen LogP contribution in [0.25, 0.3) is 0 Å². The van der Waals surface area contributed by atoms with E-state index in [-0.39, 0.29) is 18.1 Å². The number of nitrogens with two attached hydrogens (primary N) is 1. The summed E-state index contributed by atoms with van der Waals surface area (Å²) in [5, 5.41) is 11.7. The molecule has 2 N–H and O–H groups in total. The van der Waals surface area contributed by atoms with Crippen LogP contribution in [-0.4, -0.2) is 37.4 Å². The Balaban J connectivity index is 2.09. The molecule has 1 atom stereocenters. The summed E-state index contributed by atoms with van der Waals surface area (Å²) in [6, 6.07) is 1.29. The van der Waals surface area contributed by atoms with Crippen LogP contribution >= 0.6 is 0 Å². The van der Waals surface area contributed by atoms with Gasteiger partial charge in [0.05, 0.1) is 18.9 Å². The first-order chi connectivity index (χ1) is 9.04. The van der Waals surface area contributed by atoms with E-state index in [1.165, 1.54) is 16.9 Å². The first-order valence-corrected chi connectivity index (χ1v) is 5.85. The lowest BCUT2D eigenvalue weighted by Gasteiger charge is -2.08. The molecule has 1 unspecified atom stereocenters. The monoisotopic (exact) mass is 264 g/mol. The number of aryl methyl sites for hydroxylation is 1. The van der Waals surface area contributed by atoms with E-state index in [0.29, 0.717) is 18.1 Å². The molecule has 0 saturated carbocycles. The Labute approximate surface area is 109 Å². The largest absolute Gasteiger partial charge is 0.490 e. The summed E-state index contributed by atoms with van der Waals surface area (Å²) >= 11 is 0. The summed E-state index contributed by atoms with van der Waals surface area (Å²) in [5.41, 5.74) is 5.98. The molecule has 0 amide bonds. The van der Waals surface area contributed by atoms with Crippen LogP contribution in [0.2, 0.25) is 0 Å². The van der Waals surface area contributed by atoms with Crippen LogP contribution in [-0.2, 0) is 13.6 Å². The number of rotatable bonds is 5. The van der Waals surface area contributed by atoms with Gasteiger partial charge in [0.25, 0.3) is 5.56 Å². The summed E-state index contributed by atoms with van der Waals surface area (Å²) in [4.78, 5) is 11.8. The van der Waals surface area contributed by atoms with Crippen molar-refractivity contribution in [3.8, 4) is 5.75 Å². The number of hydrogen-bond acceptors (Lipinski definition) is 6. The zero-order valence-electron chi connectivity index (χ0n) is 10.9. The van der Waals surface area contributed by atoms with Gasteiger partial charge in [0.1, 0.15) is 18.1 Å². The number of aromatic nitrogens is 5. The predicted molar refractivity (Wildman–Crippen MR) is 67.7 cm³/mol. The summed E-state index contributed by atoms with van der Waals surface area (Å²) in [7, 11) is 1.76. The van der Waals surface area contributed by atoms with E-state index < -0.39 is 0 Å². The highest BCUT2D eigenvalue weighted by Gasteiger charge is 2.05. The van der Waals surface area contributed by atoms with Gasteiger partial charge in [0, 0.05) is 19.2 Å². The quantitative estimate of drug-likeness (QED) is 0.754. The Morgan fingerprint density at radius 1 is 1.53 bits per heavy atom. The highest BCUT2D eigenvalue weighted by Crippen LogP contribution is 2.04. The van der Waals surface area contributed by atoms with Crippen LogP contribution in [0.4, 0.5) is 0 Å². The molecule has 0 bridgehead atoms. The lowest BCUT2D eigenvalue weighted by atomic mass is 10.4. The molecule has 0 spiro atoms. The summed E-state index contributed by atoms with van der Waals surface area (Å²) < 4.78 is 8.19. The van der Waals surface area contributed by atoms with Crippen molar-refractivity contribution in [2.75, 3.05) is 6.61 Å². The summed E-state index contributed by atoms with van der Waals surface area (Å²) in [6.45, 7) is 2.44. The lowest BCUT2D eigenvalue weighted by Crippen LogP contribution is -2.26. The van der Waals surface area contributed by atoms with Crippen molar-refractivity contribution in [2.45, 2.75) is 19.5 Å². The van der Waals surface area contributed by atoms with Gasteiger partial charge in [-0.3, -0.25) is 9.48 Å². The first-order valence-electron chi connectivity index (χ1n) is 5.85. The van der Waals surface area contributed by atoms with E-state index in [0.717, 1.165) is 0 Å². The van der Waals surface area contributed by atoms with E-state index in [2.05, 4.69) is 15.4 Å². The Morgan fingerprint density at radius 2 is 2.32 bits per heavy atom. The van der Waals surface area contributed by atoms with E-state index in [1.807, 2.05) is 6.92 Å². The molecule has 0 aromatic carbocycles. The van der Waals surface area contributed by atoms with Gasteiger partial charge in [-0.15, -0.1) is 5.10 Å². The molecule has 2 heterocycles. The fraction of sp³-hybridized carbons (Fsp3) is 0.455. The third-order valence-electron chi connectivity index (χ3n) is 2.32. The van der Waals surface area contributed by atoms with Gasteiger partial charge < -0.3 is 10.5 Å². The van der Waals surface area contributed by atoms with Crippen LogP contribution in [0.5, 0.6) is 5.75 Å². The van der Waals surface area contributed by atoms with Gasteiger partial charge in [-0.25, -0.2) is 4.68 Å². The Hall–Kier alpha value is -2.22. The van der Waals surface area contributed by atoms with Gasteiger partial charge >= 0.3 is 0 Å². The zero-order valence-corrected chi connectivity index (χ0v) is 10.9. The maximum absolute atomic E-state index is 11.8. The average molecular weight is 264 g/mol. The van der Waals surface area contributed by atoms with Crippen molar-refractivity contribution in [1.82, 2.24) is 24.8 Å². The van der Waals surface area contributed by atoms with Crippen LogP contribution in [0.3, 0.4) is 0 Å². The molecular weight excluding hydrogens is 248 g/mol. The average Bonchev–Trinajstić information content (AvgIpc) is 2.75. The van der Waals surface area contributed by atoms with E-state index >= 15 is 0 Å². The SMILES string of the molecule is CC(N)COc1cnn(Cc2cn(C)nn2)c(=O)c1. The number of ether oxygens (including phenoxy) is 1. The third-order valence-corrected chi connectivity index (χ3v) is 2.32. The summed E-state index contributed by atoms with van der Waals surface area (Å²) in [5.74, 6) is 0.415. The molecule has 0 aliphatic rings. The molecule has 2 aromatic rings. The van der Waals surface area contributed by atoms with Crippen LogP contribution < -0.4 is 16.0 Å². The molecule has 102 valence electrons. The molecule has 0 saturated heterocycles. The number of nitrogens with zero attached hydrogens (tertiary/aromatic N) is 5. The van der Waals surface area contributed by atoms with Gasteiger partial charge in [-0.05, 0) is 6.92 Å². The van der Waals surface area contributed by atoms with Crippen molar-refractivity contribution in [3.63, 3.8) is 0 Å². The molecule has 0 aliphatic heterocycles. The lowest BCUT2D eigenvalue weighted by molar-refractivity contribution is 0.293.